The van der Waals surface area contributed by atoms with Crippen LogP contribution in [0.15, 0.2) is 0 Å². The molecular formula is C14H25N. The van der Waals surface area contributed by atoms with Gasteiger partial charge in [0.25, 0.3) is 0 Å². The van der Waals surface area contributed by atoms with Gasteiger partial charge >= 0.3 is 0 Å². The first kappa shape index (κ1) is 10.1. The highest BCUT2D eigenvalue weighted by Gasteiger charge is 2.54. The summed E-state index contributed by atoms with van der Waals surface area (Å²) in [5.41, 5.74) is 0.730. The number of fused-ring (bicyclic) bond motifs is 2. The molecule has 0 aromatic heterocycles. The second-order valence-corrected chi connectivity index (χ2v) is 6.32. The lowest BCUT2D eigenvalue weighted by Gasteiger charge is -2.43. The number of nitrogens with one attached hydrogen (secondary N) is 1. The predicted molar refractivity (Wildman–Crippen MR) is 63.8 cm³/mol. The van der Waals surface area contributed by atoms with E-state index >= 15 is 0 Å². The molecule has 15 heavy (non-hydrogen) atoms. The molecular weight excluding hydrogens is 182 g/mol. The third-order valence-electron chi connectivity index (χ3n) is 5.70. The highest BCUT2D eigenvalue weighted by molar-refractivity contribution is 5.05. The fraction of sp³-hybridized carbons (Fsp3) is 1.00. The molecule has 3 fully saturated rings. The normalized spacial score (nSPS) is 45.4. The van der Waals surface area contributed by atoms with Crippen LogP contribution in [0.4, 0.5) is 0 Å². The molecule has 0 radical (unpaired) electrons. The molecule has 3 unspecified atom stereocenters. The van der Waals surface area contributed by atoms with E-state index in [1.54, 1.807) is 25.7 Å². The number of hydrogen-bond donors (Lipinski definition) is 1. The highest BCUT2D eigenvalue weighted by atomic mass is 14.9. The predicted octanol–water partition coefficient (Wildman–Crippen LogP) is 3.20. The van der Waals surface area contributed by atoms with Crippen molar-refractivity contribution >= 4 is 0 Å². The molecule has 0 aromatic rings. The molecule has 0 heterocycles. The van der Waals surface area contributed by atoms with E-state index in [4.69, 9.17) is 0 Å². The molecule has 0 aliphatic heterocycles. The molecule has 1 N–H and O–H groups in total. The third kappa shape index (κ3) is 1.46. The Morgan fingerprint density at radius 1 is 1.07 bits per heavy atom. The molecule has 1 heteroatoms. The van der Waals surface area contributed by atoms with Gasteiger partial charge in [0, 0.05) is 6.54 Å². The SMILES string of the molecule is CNCC1(C2CCCC2)CC2CCC1C2. The van der Waals surface area contributed by atoms with E-state index in [9.17, 15) is 0 Å². The molecule has 3 atom stereocenters. The maximum absolute atomic E-state index is 3.51. The lowest BCUT2D eigenvalue weighted by atomic mass is 9.64. The van der Waals surface area contributed by atoms with Gasteiger partial charge < -0.3 is 5.32 Å². The van der Waals surface area contributed by atoms with Crippen LogP contribution < -0.4 is 5.32 Å². The van der Waals surface area contributed by atoms with Gasteiger partial charge in [-0.1, -0.05) is 19.3 Å². The van der Waals surface area contributed by atoms with Crippen LogP contribution >= 0.6 is 0 Å². The molecule has 3 saturated carbocycles. The quantitative estimate of drug-likeness (QED) is 0.749. The van der Waals surface area contributed by atoms with E-state index in [1.807, 2.05) is 0 Å². The van der Waals surface area contributed by atoms with E-state index in [0.29, 0.717) is 0 Å². The maximum atomic E-state index is 3.51. The average Bonchev–Trinajstić information content (AvgIpc) is 2.94. The van der Waals surface area contributed by atoms with Crippen LogP contribution in [0.3, 0.4) is 0 Å². The summed E-state index contributed by atoms with van der Waals surface area (Å²) in [6, 6.07) is 0. The zero-order valence-corrected chi connectivity index (χ0v) is 10.1. The van der Waals surface area contributed by atoms with Crippen molar-refractivity contribution < 1.29 is 0 Å². The number of rotatable bonds is 3. The van der Waals surface area contributed by atoms with E-state index < -0.39 is 0 Å². The molecule has 2 bridgehead atoms. The zero-order chi connectivity index (χ0) is 10.3. The van der Waals surface area contributed by atoms with Crippen molar-refractivity contribution in [3.63, 3.8) is 0 Å². The Bertz CT molecular complexity index is 231. The molecule has 0 amide bonds. The van der Waals surface area contributed by atoms with Crippen LogP contribution in [0.5, 0.6) is 0 Å². The summed E-state index contributed by atoms with van der Waals surface area (Å²) in [4.78, 5) is 0. The van der Waals surface area contributed by atoms with Gasteiger partial charge in [0.1, 0.15) is 0 Å². The lowest BCUT2D eigenvalue weighted by Crippen LogP contribution is -2.42. The minimum absolute atomic E-state index is 0.730. The van der Waals surface area contributed by atoms with Crippen molar-refractivity contribution in [1.29, 1.82) is 0 Å². The van der Waals surface area contributed by atoms with Gasteiger partial charge in [0.15, 0.2) is 0 Å². The minimum atomic E-state index is 0.730. The summed E-state index contributed by atoms with van der Waals surface area (Å²) in [5, 5.41) is 3.51. The van der Waals surface area contributed by atoms with Crippen molar-refractivity contribution in [3.8, 4) is 0 Å². The van der Waals surface area contributed by atoms with Crippen molar-refractivity contribution in [1.82, 2.24) is 5.32 Å². The van der Waals surface area contributed by atoms with E-state index in [-0.39, 0.29) is 0 Å². The van der Waals surface area contributed by atoms with Gasteiger partial charge in [0.2, 0.25) is 0 Å². The topological polar surface area (TPSA) is 12.0 Å². The Balaban J connectivity index is 1.82. The first-order valence-corrected chi connectivity index (χ1v) is 7.00. The third-order valence-corrected chi connectivity index (χ3v) is 5.70. The summed E-state index contributed by atoms with van der Waals surface area (Å²) in [6.07, 6.45) is 12.3. The van der Waals surface area contributed by atoms with Crippen molar-refractivity contribution in [2.45, 2.75) is 51.4 Å². The van der Waals surface area contributed by atoms with Gasteiger partial charge in [-0.25, -0.2) is 0 Å². The zero-order valence-electron chi connectivity index (χ0n) is 10.1. The molecule has 3 rings (SSSR count). The number of hydrogen-bond acceptors (Lipinski definition) is 1. The molecule has 0 saturated heterocycles. The van der Waals surface area contributed by atoms with Gasteiger partial charge in [-0.05, 0) is 62.3 Å². The Morgan fingerprint density at radius 2 is 1.87 bits per heavy atom. The fourth-order valence-corrected chi connectivity index (χ4v) is 5.18. The van der Waals surface area contributed by atoms with Gasteiger partial charge in [-0.2, -0.15) is 0 Å². The van der Waals surface area contributed by atoms with E-state index in [2.05, 4.69) is 12.4 Å². The molecule has 86 valence electrons. The fourth-order valence-electron chi connectivity index (χ4n) is 5.18. The summed E-state index contributed by atoms with van der Waals surface area (Å²) in [7, 11) is 2.16. The monoisotopic (exact) mass is 207 g/mol. The highest BCUT2D eigenvalue weighted by Crippen LogP contribution is 2.61. The standard InChI is InChI=1S/C14H25N/c1-15-10-14(12-4-2-3-5-12)9-11-6-7-13(14)8-11/h11-13,15H,2-10H2,1H3. The summed E-state index contributed by atoms with van der Waals surface area (Å²) in [5.74, 6) is 3.25. The lowest BCUT2D eigenvalue weighted by molar-refractivity contribution is 0.0780. The Kier molecular flexibility index (Phi) is 2.54. The maximum Gasteiger partial charge on any atom is 0.00102 e. The largest absolute Gasteiger partial charge is 0.319 e. The van der Waals surface area contributed by atoms with Crippen LogP contribution in [0.1, 0.15) is 51.4 Å². The summed E-state index contributed by atoms with van der Waals surface area (Å²) >= 11 is 0. The second kappa shape index (κ2) is 3.76. The van der Waals surface area contributed by atoms with Crippen molar-refractivity contribution in [2.75, 3.05) is 13.6 Å². The van der Waals surface area contributed by atoms with Crippen molar-refractivity contribution in [3.05, 3.63) is 0 Å². The first-order valence-electron chi connectivity index (χ1n) is 7.00. The van der Waals surface area contributed by atoms with Crippen molar-refractivity contribution in [2.24, 2.45) is 23.2 Å². The van der Waals surface area contributed by atoms with Gasteiger partial charge in [-0.15, -0.1) is 0 Å². The second-order valence-electron chi connectivity index (χ2n) is 6.32. The van der Waals surface area contributed by atoms with Gasteiger partial charge in [0.05, 0.1) is 0 Å². The van der Waals surface area contributed by atoms with E-state index in [0.717, 1.165) is 23.2 Å². The van der Waals surface area contributed by atoms with Crippen LogP contribution in [-0.2, 0) is 0 Å². The minimum Gasteiger partial charge on any atom is -0.319 e. The molecule has 3 aliphatic rings. The van der Waals surface area contributed by atoms with Crippen LogP contribution in [0.2, 0.25) is 0 Å². The van der Waals surface area contributed by atoms with E-state index in [1.165, 1.54) is 32.2 Å². The van der Waals surface area contributed by atoms with Crippen LogP contribution in [-0.4, -0.2) is 13.6 Å². The Hall–Kier alpha value is -0.0400. The Labute approximate surface area is 94.0 Å². The first-order chi connectivity index (χ1) is 7.35. The molecule has 0 aromatic carbocycles. The van der Waals surface area contributed by atoms with Crippen LogP contribution in [0.25, 0.3) is 0 Å². The molecule has 3 aliphatic carbocycles. The average molecular weight is 207 g/mol. The smallest absolute Gasteiger partial charge is 0.00102 e. The Morgan fingerprint density at radius 3 is 2.40 bits per heavy atom. The van der Waals surface area contributed by atoms with Crippen LogP contribution in [0, 0.1) is 23.2 Å². The summed E-state index contributed by atoms with van der Waals surface area (Å²) in [6.45, 7) is 1.30. The summed E-state index contributed by atoms with van der Waals surface area (Å²) < 4.78 is 0. The molecule has 1 nitrogen and oxygen atoms in total. The molecule has 0 spiro atoms. The van der Waals surface area contributed by atoms with Gasteiger partial charge in [-0.3, -0.25) is 0 Å².